The molecule has 2 amide bonds. The van der Waals surface area contributed by atoms with Crippen molar-refractivity contribution in [3.8, 4) is 6.07 Å². The summed E-state index contributed by atoms with van der Waals surface area (Å²) in [6.45, 7) is 6.40. The molecule has 0 radical (unpaired) electrons. The number of ether oxygens (including phenoxy) is 1. The first-order valence-corrected chi connectivity index (χ1v) is 9.29. The first-order valence-electron chi connectivity index (χ1n) is 9.29. The normalized spacial score (nSPS) is 17.3. The number of nitriles is 1. The summed E-state index contributed by atoms with van der Waals surface area (Å²) < 4.78 is 5.43. The molecule has 28 heavy (non-hydrogen) atoms. The molecular formula is C21H24N4O3. The zero-order chi connectivity index (χ0) is 20.3. The molecule has 1 fully saturated rings. The minimum absolute atomic E-state index is 0.142. The van der Waals surface area contributed by atoms with Gasteiger partial charge in [0.15, 0.2) is 0 Å². The van der Waals surface area contributed by atoms with Crippen LogP contribution in [-0.4, -0.2) is 58.1 Å². The van der Waals surface area contributed by atoms with Crippen LogP contribution in [0.5, 0.6) is 0 Å². The smallest absolute Gasteiger partial charge is 0.410 e. The first kappa shape index (κ1) is 19.6. The third-order valence-electron chi connectivity index (χ3n) is 4.62. The van der Waals surface area contributed by atoms with Crippen LogP contribution in [0, 0.1) is 11.3 Å². The van der Waals surface area contributed by atoms with Crippen molar-refractivity contribution in [3.63, 3.8) is 0 Å². The van der Waals surface area contributed by atoms with Crippen molar-refractivity contribution >= 4 is 22.8 Å². The molecule has 1 aromatic carbocycles. The number of benzene rings is 1. The van der Waals surface area contributed by atoms with Gasteiger partial charge in [-0.2, -0.15) is 5.26 Å². The summed E-state index contributed by atoms with van der Waals surface area (Å²) in [4.78, 5) is 33.1. The second kappa shape index (κ2) is 7.85. The number of hydrogen-bond acceptors (Lipinski definition) is 5. The van der Waals surface area contributed by atoms with Gasteiger partial charge in [-0.1, -0.05) is 24.3 Å². The topological polar surface area (TPSA) is 86.5 Å². The van der Waals surface area contributed by atoms with Gasteiger partial charge in [0.2, 0.25) is 0 Å². The molecule has 2 heterocycles. The lowest BCUT2D eigenvalue weighted by atomic mass is 10.0. The van der Waals surface area contributed by atoms with E-state index >= 15 is 0 Å². The average molecular weight is 380 g/mol. The number of aromatic nitrogens is 1. The van der Waals surface area contributed by atoms with Crippen LogP contribution in [0.3, 0.4) is 0 Å². The Morgan fingerprint density at radius 1 is 1.25 bits per heavy atom. The van der Waals surface area contributed by atoms with Gasteiger partial charge in [0.05, 0.1) is 24.1 Å². The second-order valence-corrected chi connectivity index (χ2v) is 7.85. The number of carbonyl (C=O) groups excluding carboxylic acids is 2. The summed E-state index contributed by atoms with van der Waals surface area (Å²) in [5, 5.41) is 11.0. The highest BCUT2D eigenvalue weighted by Gasteiger charge is 2.35. The molecule has 1 atom stereocenters. The van der Waals surface area contributed by atoms with E-state index in [1.54, 1.807) is 22.2 Å². The van der Waals surface area contributed by atoms with Gasteiger partial charge >= 0.3 is 6.09 Å². The maximum absolute atomic E-state index is 13.2. The Morgan fingerprint density at radius 3 is 2.71 bits per heavy atom. The van der Waals surface area contributed by atoms with Gasteiger partial charge in [-0.25, -0.2) is 4.79 Å². The van der Waals surface area contributed by atoms with Crippen molar-refractivity contribution in [2.24, 2.45) is 0 Å². The number of piperazine rings is 1. The highest BCUT2D eigenvalue weighted by Crippen LogP contribution is 2.23. The molecular weight excluding hydrogens is 356 g/mol. The van der Waals surface area contributed by atoms with E-state index in [0.29, 0.717) is 18.7 Å². The Kier molecular flexibility index (Phi) is 5.50. The van der Waals surface area contributed by atoms with E-state index < -0.39 is 17.7 Å². The highest BCUT2D eigenvalue weighted by molar-refractivity contribution is 6.06. The van der Waals surface area contributed by atoms with Gasteiger partial charge in [0, 0.05) is 37.4 Å². The van der Waals surface area contributed by atoms with Crippen LogP contribution in [-0.2, 0) is 4.74 Å². The van der Waals surface area contributed by atoms with E-state index in [4.69, 9.17) is 4.74 Å². The minimum atomic E-state index is -0.594. The lowest BCUT2D eigenvalue weighted by Crippen LogP contribution is -2.57. The van der Waals surface area contributed by atoms with Crippen LogP contribution < -0.4 is 0 Å². The maximum Gasteiger partial charge on any atom is 0.410 e. The minimum Gasteiger partial charge on any atom is -0.444 e. The van der Waals surface area contributed by atoms with Crippen LogP contribution in [0.4, 0.5) is 4.79 Å². The Labute approximate surface area is 164 Å². The largest absolute Gasteiger partial charge is 0.444 e. The fourth-order valence-corrected chi connectivity index (χ4v) is 3.34. The standard InChI is InChI=1S/C21H24N4O3/c1-21(2,3)28-20(27)24-10-11-25(16(14-24)8-9-22)19(26)18-13-23-12-15-6-4-5-7-17(15)18/h4-7,12-13,16H,8,10-11,14H2,1-3H3/t16-/m0/s1. The summed E-state index contributed by atoms with van der Waals surface area (Å²) in [6.07, 6.45) is 3.01. The zero-order valence-electron chi connectivity index (χ0n) is 16.4. The third-order valence-corrected chi connectivity index (χ3v) is 4.62. The number of hydrogen-bond donors (Lipinski definition) is 0. The lowest BCUT2D eigenvalue weighted by Gasteiger charge is -2.41. The predicted octanol–water partition coefficient (Wildman–Crippen LogP) is 3.21. The molecule has 7 heteroatoms. The fraction of sp³-hybridized carbons (Fsp3) is 0.429. The van der Waals surface area contributed by atoms with E-state index in [9.17, 15) is 14.9 Å². The Bertz CT molecular complexity index is 924. The molecule has 0 saturated carbocycles. The molecule has 0 unspecified atom stereocenters. The SMILES string of the molecule is CC(C)(C)OC(=O)N1CCN(C(=O)c2cncc3ccccc23)[C@@H](CC#N)C1. The zero-order valence-corrected chi connectivity index (χ0v) is 16.4. The van der Waals surface area contributed by atoms with Crippen molar-refractivity contribution in [2.45, 2.75) is 38.8 Å². The molecule has 1 aliphatic heterocycles. The molecule has 1 aromatic heterocycles. The van der Waals surface area contributed by atoms with Crippen LogP contribution >= 0.6 is 0 Å². The average Bonchev–Trinajstić information content (AvgIpc) is 2.66. The van der Waals surface area contributed by atoms with E-state index in [1.165, 1.54) is 0 Å². The molecule has 3 rings (SSSR count). The maximum atomic E-state index is 13.2. The Morgan fingerprint density at radius 2 is 2.00 bits per heavy atom. The molecule has 0 spiro atoms. The van der Waals surface area contributed by atoms with Gasteiger partial charge in [-0.3, -0.25) is 9.78 Å². The van der Waals surface area contributed by atoms with Gasteiger partial charge in [-0.05, 0) is 26.2 Å². The molecule has 0 aliphatic carbocycles. The molecule has 0 N–H and O–H groups in total. The van der Waals surface area contributed by atoms with E-state index in [0.717, 1.165) is 10.8 Å². The van der Waals surface area contributed by atoms with Gasteiger partial charge < -0.3 is 14.5 Å². The quantitative estimate of drug-likeness (QED) is 0.798. The van der Waals surface area contributed by atoms with Crippen molar-refractivity contribution in [2.75, 3.05) is 19.6 Å². The summed E-state index contributed by atoms with van der Waals surface area (Å²) >= 11 is 0. The van der Waals surface area contributed by atoms with Crippen molar-refractivity contribution in [3.05, 3.63) is 42.2 Å². The molecule has 146 valence electrons. The van der Waals surface area contributed by atoms with Gasteiger partial charge in [0.25, 0.3) is 5.91 Å². The second-order valence-electron chi connectivity index (χ2n) is 7.85. The van der Waals surface area contributed by atoms with Gasteiger partial charge in [-0.15, -0.1) is 0 Å². The summed E-state index contributed by atoms with van der Waals surface area (Å²) in [5.74, 6) is -0.173. The van der Waals surface area contributed by atoms with Crippen LogP contribution in [0.2, 0.25) is 0 Å². The van der Waals surface area contributed by atoms with Crippen molar-refractivity contribution < 1.29 is 14.3 Å². The Hall–Kier alpha value is -3.14. The number of nitrogens with zero attached hydrogens (tertiary/aromatic N) is 4. The number of amides is 2. The fourth-order valence-electron chi connectivity index (χ4n) is 3.34. The van der Waals surface area contributed by atoms with Gasteiger partial charge in [0.1, 0.15) is 5.60 Å². The van der Waals surface area contributed by atoms with Crippen molar-refractivity contribution in [1.29, 1.82) is 5.26 Å². The predicted molar refractivity (Wildman–Crippen MR) is 105 cm³/mol. The number of pyridine rings is 1. The lowest BCUT2D eigenvalue weighted by molar-refractivity contribution is 0.00484. The molecule has 0 bridgehead atoms. The van der Waals surface area contributed by atoms with Crippen LogP contribution in [0.15, 0.2) is 36.7 Å². The number of rotatable bonds is 2. The monoisotopic (exact) mass is 380 g/mol. The van der Waals surface area contributed by atoms with Crippen molar-refractivity contribution in [1.82, 2.24) is 14.8 Å². The molecule has 2 aromatic rings. The highest BCUT2D eigenvalue weighted by atomic mass is 16.6. The summed E-state index contributed by atoms with van der Waals surface area (Å²) in [5.41, 5.74) is -0.0876. The van der Waals surface area contributed by atoms with E-state index in [1.807, 2.05) is 45.0 Å². The van der Waals surface area contributed by atoms with E-state index in [-0.39, 0.29) is 18.9 Å². The number of fused-ring (bicyclic) bond motifs is 1. The number of carbonyl (C=O) groups is 2. The first-order chi connectivity index (χ1) is 13.3. The molecule has 1 aliphatic rings. The van der Waals surface area contributed by atoms with E-state index in [2.05, 4.69) is 11.1 Å². The third kappa shape index (κ3) is 4.22. The molecule has 7 nitrogen and oxygen atoms in total. The summed E-state index contributed by atoms with van der Waals surface area (Å²) in [6, 6.07) is 9.32. The molecule has 1 saturated heterocycles. The Balaban J connectivity index is 1.83. The van der Waals surface area contributed by atoms with Crippen LogP contribution in [0.1, 0.15) is 37.6 Å². The van der Waals surface area contributed by atoms with Crippen LogP contribution in [0.25, 0.3) is 10.8 Å². The summed E-state index contributed by atoms with van der Waals surface area (Å²) in [7, 11) is 0.